The number of halogens is 1. The number of oxazole rings is 1. The van der Waals surface area contributed by atoms with Crippen LogP contribution in [0.25, 0.3) is 0 Å². The molecule has 0 unspecified atom stereocenters. The van der Waals surface area contributed by atoms with Gasteiger partial charge in [0.25, 0.3) is 0 Å². The Hall–Kier alpha value is -1.39. The molecule has 0 atom stereocenters. The van der Waals surface area contributed by atoms with Crippen LogP contribution < -0.4 is 0 Å². The normalized spacial score (nSPS) is 10.1. The van der Waals surface area contributed by atoms with Crippen LogP contribution in [-0.4, -0.2) is 16.1 Å². The molecule has 5 heteroatoms. The van der Waals surface area contributed by atoms with Crippen molar-refractivity contribution >= 4 is 5.97 Å². The van der Waals surface area contributed by atoms with Crippen LogP contribution in [0.4, 0.5) is 4.39 Å². The Morgan fingerprint density at radius 1 is 1.75 bits per heavy atom. The summed E-state index contributed by atoms with van der Waals surface area (Å²) in [6, 6.07) is 0. The average molecular weight is 173 g/mol. The highest BCUT2D eigenvalue weighted by molar-refractivity contribution is 5.66. The second kappa shape index (κ2) is 3.85. The van der Waals surface area contributed by atoms with E-state index < -0.39 is 12.6 Å². The Morgan fingerprint density at radius 2 is 2.50 bits per heavy atom. The standard InChI is InChI=1S/C7H8FNO3/c8-3-6-9-5(4-12-6)1-2-7(10)11/h4H,1-3H2,(H,10,11). The first-order chi connectivity index (χ1) is 5.72. The lowest BCUT2D eigenvalue weighted by Crippen LogP contribution is -1.97. The number of carbonyl (C=O) groups is 1. The van der Waals surface area contributed by atoms with Crippen LogP contribution in [0.3, 0.4) is 0 Å². The smallest absolute Gasteiger partial charge is 0.303 e. The minimum atomic E-state index is -0.903. The molecule has 0 aliphatic carbocycles. The molecule has 0 amide bonds. The molecule has 1 heterocycles. The van der Waals surface area contributed by atoms with Gasteiger partial charge in [-0.3, -0.25) is 4.79 Å². The largest absolute Gasteiger partial charge is 0.481 e. The van der Waals surface area contributed by atoms with Gasteiger partial charge in [0.15, 0.2) is 6.67 Å². The van der Waals surface area contributed by atoms with Gasteiger partial charge in [0.1, 0.15) is 6.26 Å². The fraction of sp³-hybridized carbons (Fsp3) is 0.429. The zero-order chi connectivity index (χ0) is 8.97. The molecular formula is C7H8FNO3. The minimum Gasteiger partial charge on any atom is -0.481 e. The monoisotopic (exact) mass is 173 g/mol. The van der Waals surface area contributed by atoms with Crippen molar-refractivity contribution in [3.63, 3.8) is 0 Å². The molecule has 0 aromatic carbocycles. The third kappa shape index (κ3) is 2.34. The topological polar surface area (TPSA) is 63.3 Å². The number of carboxylic acids is 1. The molecule has 0 fully saturated rings. The van der Waals surface area contributed by atoms with Crippen molar-refractivity contribution in [3.8, 4) is 0 Å². The summed E-state index contributed by atoms with van der Waals surface area (Å²) >= 11 is 0. The quantitative estimate of drug-likeness (QED) is 0.742. The zero-order valence-electron chi connectivity index (χ0n) is 6.29. The van der Waals surface area contributed by atoms with E-state index in [1.807, 2.05) is 0 Å². The van der Waals surface area contributed by atoms with Gasteiger partial charge in [0.05, 0.1) is 12.1 Å². The van der Waals surface area contributed by atoms with Crippen molar-refractivity contribution in [1.82, 2.24) is 4.98 Å². The SMILES string of the molecule is O=C(O)CCc1coc(CF)n1. The van der Waals surface area contributed by atoms with E-state index in [1.54, 1.807) is 0 Å². The first kappa shape index (κ1) is 8.70. The summed E-state index contributed by atoms with van der Waals surface area (Å²) in [6.45, 7) is -0.757. The molecule has 0 aliphatic heterocycles. The number of rotatable bonds is 4. The maximum Gasteiger partial charge on any atom is 0.303 e. The van der Waals surface area contributed by atoms with Crippen molar-refractivity contribution in [2.75, 3.05) is 0 Å². The minimum absolute atomic E-state index is 0.00427. The second-order valence-corrected chi connectivity index (χ2v) is 2.26. The van der Waals surface area contributed by atoms with E-state index in [-0.39, 0.29) is 18.7 Å². The van der Waals surface area contributed by atoms with Gasteiger partial charge in [-0.05, 0) is 0 Å². The third-order valence-electron chi connectivity index (χ3n) is 1.31. The molecule has 0 saturated carbocycles. The predicted molar refractivity (Wildman–Crippen MR) is 37.3 cm³/mol. The first-order valence-corrected chi connectivity index (χ1v) is 3.43. The van der Waals surface area contributed by atoms with Gasteiger partial charge in [-0.1, -0.05) is 0 Å². The van der Waals surface area contributed by atoms with Crippen LogP contribution in [0.1, 0.15) is 18.0 Å². The molecule has 1 aromatic rings. The van der Waals surface area contributed by atoms with Crippen molar-refractivity contribution in [2.24, 2.45) is 0 Å². The first-order valence-electron chi connectivity index (χ1n) is 3.43. The second-order valence-electron chi connectivity index (χ2n) is 2.26. The Labute approximate surface area is 68.0 Å². The lowest BCUT2D eigenvalue weighted by molar-refractivity contribution is -0.136. The van der Waals surface area contributed by atoms with E-state index in [4.69, 9.17) is 5.11 Å². The van der Waals surface area contributed by atoms with E-state index in [0.717, 1.165) is 0 Å². The molecular weight excluding hydrogens is 165 g/mol. The van der Waals surface area contributed by atoms with Crippen molar-refractivity contribution in [2.45, 2.75) is 19.5 Å². The van der Waals surface area contributed by atoms with E-state index >= 15 is 0 Å². The van der Waals surface area contributed by atoms with Gasteiger partial charge in [-0.2, -0.15) is 0 Å². The van der Waals surface area contributed by atoms with Gasteiger partial charge in [0, 0.05) is 6.42 Å². The van der Waals surface area contributed by atoms with E-state index in [9.17, 15) is 9.18 Å². The molecule has 0 spiro atoms. The van der Waals surface area contributed by atoms with Crippen molar-refractivity contribution in [3.05, 3.63) is 17.8 Å². The Bertz CT molecular complexity index is 271. The van der Waals surface area contributed by atoms with Crippen LogP contribution in [0.5, 0.6) is 0 Å². The van der Waals surface area contributed by atoms with E-state index in [2.05, 4.69) is 9.40 Å². The lowest BCUT2D eigenvalue weighted by atomic mass is 10.2. The summed E-state index contributed by atoms with van der Waals surface area (Å²) in [6.07, 6.45) is 1.54. The van der Waals surface area contributed by atoms with E-state index in [1.165, 1.54) is 6.26 Å². The van der Waals surface area contributed by atoms with Crippen LogP contribution in [-0.2, 0) is 17.9 Å². The molecule has 0 radical (unpaired) electrons. The highest BCUT2D eigenvalue weighted by Gasteiger charge is 2.04. The number of aryl methyl sites for hydroxylation is 1. The molecule has 0 bridgehead atoms. The highest BCUT2D eigenvalue weighted by atomic mass is 19.1. The molecule has 0 saturated heterocycles. The molecule has 0 aliphatic rings. The Kier molecular flexibility index (Phi) is 2.79. The van der Waals surface area contributed by atoms with E-state index in [0.29, 0.717) is 5.69 Å². The van der Waals surface area contributed by atoms with Gasteiger partial charge < -0.3 is 9.52 Å². The van der Waals surface area contributed by atoms with Gasteiger partial charge >= 0.3 is 5.97 Å². The number of carboxylic acid groups (broad SMARTS) is 1. The maximum absolute atomic E-state index is 11.9. The van der Waals surface area contributed by atoms with Crippen LogP contribution >= 0.6 is 0 Å². The van der Waals surface area contributed by atoms with Crippen LogP contribution in [0.2, 0.25) is 0 Å². The zero-order valence-corrected chi connectivity index (χ0v) is 6.29. The fourth-order valence-corrected chi connectivity index (χ4v) is 0.760. The Morgan fingerprint density at radius 3 is 3.00 bits per heavy atom. The summed E-state index contributed by atoms with van der Waals surface area (Å²) in [5.41, 5.74) is 0.477. The Balaban J connectivity index is 2.47. The van der Waals surface area contributed by atoms with Crippen molar-refractivity contribution in [1.29, 1.82) is 0 Å². The van der Waals surface area contributed by atoms with Gasteiger partial charge in [-0.25, -0.2) is 9.37 Å². The number of aromatic nitrogens is 1. The molecule has 1 aromatic heterocycles. The number of hydrogen-bond acceptors (Lipinski definition) is 3. The third-order valence-corrected chi connectivity index (χ3v) is 1.31. The number of nitrogens with zero attached hydrogens (tertiary/aromatic N) is 1. The van der Waals surface area contributed by atoms with Crippen LogP contribution in [0.15, 0.2) is 10.7 Å². The predicted octanol–water partition coefficient (Wildman–Crippen LogP) is 1.16. The molecule has 1 rings (SSSR count). The van der Waals surface area contributed by atoms with Crippen LogP contribution in [0, 0.1) is 0 Å². The summed E-state index contributed by atoms with van der Waals surface area (Å²) in [7, 11) is 0. The number of alkyl halides is 1. The van der Waals surface area contributed by atoms with Gasteiger partial charge in [0.2, 0.25) is 5.89 Å². The number of hydrogen-bond donors (Lipinski definition) is 1. The maximum atomic E-state index is 11.9. The highest BCUT2D eigenvalue weighted by Crippen LogP contribution is 2.05. The molecule has 66 valence electrons. The molecule has 1 N–H and O–H groups in total. The number of aliphatic carboxylic acids is 1. The summed E-state index contributed by atoms with van der Waals surface area (Å²) in [4.78, 5) is 13.8. The fourth-order valence-electron chi connectivity index (χ4n) is 0.760. The average Bonchev–Trinajstić information content (AvgIpc) is 2.48. The summed E-state index contributed by atoms with van der Waals surface area (Å²) in [5, 5.41) is 8.31. The van der Waals surface area contributed by atoms with Gasteiger partial charge in [-0.15, -0.1) is 0 Å². The van der Waals surface area contributed by atoms with Crippen molar-refractivity contribution < 1.29 is 18.7 Å². The summed E-state index contributed by atoms with van der Waals surface area (Å²) in [5.74, 6) is -0.907. The molecule has 12 heavy (non-hydrogen) atoms. The lowest BCUT2D eigenvalue weighted by Gasteiger charge is -1.88. The summed E-state index contributed by atoms with van der Waals surface area (Å²) < 4.78 is 16.5. The molecule has 4 nitrogen and oxygen atoms in total.